The highest BCUT2D eigenvalue weighted by Gasteiger charge is 2.18. The number of carbonyl (C=O) groups excluding carboxylic acids is 2. The molecular weight excluding hydrogens is 281 g/mol. The third-order valence-electron chi connectivity index (χ3n) is 2.81. The second kappa shape index (κ2) is 6.00. The highest BCUT2D eigenvalue weighted by atomic mass is 32.1. The summed E-state index contributed by atoms with van der Waals surface area (Å²) in [4.78, 5) is 23.6. The van der Waals surface area contributed by atoms with Crippen molar-refractivity contribution in [2.45, 2.75) is 13.8 Å². The van der Waals surface area contributed by atoms with Gasteiger partial charge in [0.25, 0.3) is 5.91 Å². The van der Waals surface area contributed by atoms with Gasteiger partial charge in [0.05, 0.1) is 11.5 Å². The van der Waals surface area contributed by atoms with E-state index in [9.17, 15) is 14.0 Å². The van der Waals surface area contributed by atoms with Gasteiger partial charge >= 0.3 is 5.97 Å². The van der Waals surface area contributed by atoms with E-state index >= 15 is 0 Å². The highest BCUT2D eigenvalue weighted by molar-refractivity contribution is 7.21. The number of ether oxygens (including phenoxy) is 1. The Morgan fingerprint density at radius 1 is 1.40 bits per heavy atom. The van der Waals surface area contributed by atoms with Gasteiger partial charge in [0.1, 0.15) is 12.4 Å². The van der Waals surface area contributed by atoms with Crippen molar-refractivity contribution < 1.29 is 18.7 Å². The summed E-state index contributed by atoms with van der Waals surface area (Å²) in [6.45, 7) is 3.46. The van der Waals surface area contributed by atoms with Gasteiger partial charge in [0.2, 0.25) is 0 Å². The summed E-state index contributed by atoms with van der Waals surface area (Å²) in [6, 6.07) is 4.73. The van der Waals surface area contributed by atoms with Gasteiger partial charge in [-0.3, -0.25) is 9.59 Å². The van der Waals surface area contributed by atoms with E-state index in [0.717, 1.165) is 0 Å². The number of esters is 1. The molecule has 0 fully saturated rings. The molecule has 0 saturated heterocycles. The topological polar surface area (TPSA) is 55.4 Å². The van der Waals surface area contributed by atoms with E-state index in [2.05, 4.69) is 5.32 Å². The number of rotatable bonds is 4. The third-order valence-corrected chi connectivity index (χ3v) is 4.06. The van der Waals surface area contributed by atoms with E-state index in [1.165, 1.54) is 17.4 Å². The predicted octanol–water partition coefficient (Wildman–Crippen LogP) is 2.64. The van der Waals surface area contributed by atoms with E-state index in [4.69, 9.17) is 4.74 Å². The number of nitrogens with one attached hydrogen (secondary N) is 1. The Hall–Kier alpha value is -1.95. The number of hydrogen-bond acceptors (Lipinski definition) is 4. The molecule has 106 valence electrons. The summed E-state index contributed by atoms with van der Waals surface area (Å²) in [7, 11) is 0. The van der Waals surface area contributed by atoms with Crippen LogP contribution in [0.15, 0.2) is 18.2 Å². The maximum absolute atomic E-state index is 13.7. The normalized spacial score (nSPS) is 10.6. The van der Waals surface area contributed by atoms with Crippen LogP contribution in [-0.4, -0.2) is 25.0 Å². The molecule has 0 radical (unpaired) electrons. The van der Waals surface area contributed by atoms with Gasteiger partial charge in [-0.2, -0.15) is 0 Å². The Balaban J connectivity index is 2.21. The zero-order valence-electron chi connectivity index (χ0n) is 11.2. The molecule has 0 bridgehead atoms. The predicted molar refractivity (Wildman–Crippen MR) is 75.5 cm³/mol. The van der Waals surface area contributed by atoms with Gasteiger partial charge in [-0.05, 0) is 31.5 Å². The first-order chi connectivity index (χ1) is 9.54. The number of fused-ring (bicyclic) bond motifs is 1. The van der Waals surface area contributed by atoms with E-state index in [1.807, 2.05) is 0 Å². The van der Waals surface area contributed by atoms with Crippen LogP contribution in [0.4, 0.5) is 4.39 Å². The van der Waals surface area contributed by atoms with Crippen LogP contribution in [0.1, 0.15) is 22.2 Å². The lowest BCUT2D eigenvalue weighted by atomic mass is 10.1. The SMILES string of the molecule is CCOC(=O)CNC(=O)c1sc2cccc(F)c2c1C. The zero-order chi connectivity index (χ0) is 14.7. The average Bonchev–Trinajstić information content (AvgIpc) is 2.75. The molecule has 0 spiro atoms. The second-order valence-corrected chi connectivity index (χ2v) is 5.21. The van der Waals surface area contributed by atoms with Crippen molar-refractivity contribution in [3.8, 4) is 0 Å². The van der Waals surface area contributed by atoms with Crippen molar-refractivity contribution in [2.75, 3.05) is 13.2 Å². The van der Waals surface area contributed by atoms with Crippen LogP contribution in [0.3, 0.4) is 0 Å². The number of amides is 1. The smallest absolute Gasteiger partial charge is 0.325 e. The van der Waals surface area contributed by atoms with Crippen molar-refractivity contribution in [3.05, 3.63) is 34.5 Å². The van der Waals surface area contributed by atoms with Crippen LogP contribution >= 0.6 is 11.3 Å². The number of aryl methyl sites for hydroxylation is 1. The summed E-state index contributed by atoms with van der Waals surface area (Å²) >= 11 is 1.21. The van der Waals surface area contributed by atoms with Crippen molar-refractivity contribution in [3.63, 3.8) is 0 Å². The fourth-order valence-corrected chi connectivity index (χ4v) is 3.05. The lowest BCUT2D eigenvalue weighted by Crippen LogP contribution is -2.30. The maximum Gasteiger partial charge on any atom is 0.325 e. The Bertz CT molecular complexity index is 666. The number of benzene rings is 1. The molecule has 1 aromatic carbocycles. The average molecular weight is 295 g/mol. The molecule has 0 unspecified atom stereocenters. The molecule has 0 aliphatic heterocycles. The van der Waals surface area contributed by atoms with E-state index in [0.29, 0.717) is 20.5 Å². The van der Waals surface area contributed by atoms with Crippen LogP contribution in [-0.2, 0) is 9.53 Å². The van der Waals surface area contributed by atoms with Crippen molar-refractivity contribution in [1.82, 2.24) is 5.32 Å². The van der Waals surface area contributed by atoms with Crippen LogP contribution in [0, 0.1) is 12.7 Å². The Labute approximate surface area is 119 Å². The van der Waals surface area contributed by atoms with Crippen LogP contribution in [0.2, 0.25) is 0 Å². The van der Waals surface area contributed by atoms with Gasteiger partial charge < -0.3 is 10.1 Å². The standard InChI is InChI=1S/C14H14FNO3S/c1-3-19-11(17)7-16-14(18)13-8(2)12-9(15)5-4-6-10(12)20-13/h4-6H,3,7H2,1-2H3,(H,16,18). The minimum absolute atomic E-state index is 0.192. The summed E-state index contributed by atoms with van der Waals surface area (Å²) in [5, 5.41) is 2.94. The van der Waals surface area contributed by atoms with Crippen LogP contribution in [0.5, 0.6) is 0 Å². The van der Waals surface area contributed by atoms with E-state index < -0.39 is 11.9 Å². The second-order valence-electron chi connectivity index (χ2n) is 4.16. The number of carbonyl (C=O) groups is 2. The van der Waals surface area contributed by atoms with Crippen molar-refractivity contribution in [2.24, 2.45) is 0 Å². The quantitative estimate of drug-likeness (QED) is 0.882. The lowest BCUT2D eigenvalue weighted by Gasteiger charge is -2.04. The van der Waals surface area contributed by atoms with E-state index in [-0.39, 0.29) is 19.0 Å². The third kappa shape index (κ3) is 2.80. The zero-order valence-corrected chi connectivity index (χ0v) is 12.0. The van der Waals surface area contributed by atoms with E-state index in [1.54, 1.807) is 26.0 Å². The van der Waals surface area contributed by atoms with Gasteiger partial charge in [-0.25, -0.2) is 4.39 Å². The molecule has 2 aromatic rings. The summed E-state index contributed by atoms with van der Waals surface area (Å²) in [5.41, 5.74) is 0.587. The van der Waals surface area contributed by atoms with Gasteiger partial charge in [0.15, 0.2) is 0 Å². The first kappa shape index (κ1) is 14.5. The van der Waals surface area contributed by atoms with Gasteiger partial charge in [0, 0.05) is 10.1 Å². The number of halogens is 1. The van der Waals surface area contributed by atoms with Gasteiger partial charge in [-0.15, -0.1) is 11.3 Å². The van der Waals surface area contributed by atoms with Gasteiger partial charge in [-0.1, -0.05) is 6.07 Å². The maximum atomic E-state index is 13.7. The minimum Gasteiger partial charge on any atom is -0.465 e. The first-order valence-corrected chi connectivity index (χ1v) is 6.97. The molecule has 0 saturated carbocycles. The fourth-order valence-electron chi connectivity index (χ4n) is 1.91. The summed E-state index contributed by atoms with van der Waals surface area (Å²) in [6.07, 6.45) is 0. The molecule has 1 amide bonds. The Morgan fingerprint density at radius 3 is 2.80 bits per heavy atom. The molecule has 1 heterocycles. The summed E-state index contributed by atoms with van der Waals surface area (Å²) in [5.74, 6) is -1.23. The number of thiophene rings is 1. The molecule has 1 aromatic heterocycles. The van der Waals surface area contributed by atoms with Crippen molar-refractivity contribution in [1.29, 1.82) is 0 Å². The van der Waals surface area contributed by atoms with Crippen LogP contribution in [0.25, 0.3) is 10.1 Å². The molecule has 0 aliphatic rings. The highest BCUT2D eigenvalue weighted by Crippen LogP contribution is 2.32. The van der Waals surface area contributed by atoms with Crippen molar-refractivity contribution >= 4 is 33.3 Å². The minimum atomic E-state index is -0.495. The molecule has 2 rings (SSSR count). The molecular formula is C14H14FNO3S. The Kier molecular flexibility index (Phi) is 4.34. The lowest BCUT2D eigenvalue weighted by molar-refractivity contribution is -0.141. The largest absolute Gasteiger partial charge is 0.465 e. The first-order valence-electron chi connectivity index (χ1n) is 6.16. The molecule has 1 N–H and O–H groups in total. The Morgan fingerprint density at radius 2 is 2.15 bits per heavy atom. The number of hydrogen-bond donors (Lipinski definition) is 1. The molecule has 6 heteroatoms. The molecule has 0 atom stereocenters. The fraction of sp³-hybridized carbons (Fsp3) is 0.286. The molecule has 0 aliphatic carbocycles. The van der Waals surface area contributed by atoms with Crippen LogP contribution < -0.4 is 5.32 Å². The molecule has 20 heavy (non-hydrogen) atoms. The summed E-state index contributed by atoms with van der Waals surface area (Å²) < 4.78 is 19.2. The monoisotopic (exact) mass is 295 g/mol. The molecule has 4 nitrogen and oxygen atoms in total.